The molecule has 0 unspecified atom stereocenters. The number of nitriles is 1. The second-order valence-electron chi connectivity index (χ2n) is 5.33. The van der Waals surface area contributed by atoms with Crippen molar-refractivity contribution in [3.05, 3.63) is 84.2 Å². The number of methoxy groups -OCH3 is 1. The van der Waals surface area contributed by atoms with E-state index in [1.165, 1.54) is 18.2 Å². The molecule has 0 fully saturated rings. The molecule has 0 saturated heterocycles. The number of benzene rings is 3. The quantitative estimate of drug-likeness (QED) is 0.591. The average Bonchev–Trinajstić information content (AvgIpc) is 2.69. The summed E-state index contributed by atoms with van der Waals surface area (Å²) in [5.74, 6) is 0.725. The third kappa shape index (κ3) is 4.05. The van der Waals surface area contributed by atoms with Crippen LogP contribution in [0.1, 0.15) is 5.56 Å². The maximum absolute atomic E-state index is 14.1. The molecule has 128 valence electrons. The third-order valence-corrected chi connectivity index (χ3v) is 3.59. The van der Waals surface area contributed by atoms with E-state index in [2.05, 4.69) is 4.99 Å². The van der Waals surface area contributed by atoms with Crippen LogP contribution in [0.3, 0.4) is 0 Å². The Balaban J connectivity index is 1.92. The molecule has 3 aromatic rings. The molecule has 5 heteroatoms. The number of halogens is 1. The molecule has 0 bridgehead atoms. The van der Waals surface area contributed by atoms with Crippen molar-refractivity contribution in [3.8, 4) is 23.3 Å². The van der Waals surface area contributed by atoms with E-state index < -0.39 is 5.82 Å². The molecule has 3 rings (SSSR count). The van der Waals surface area contributed by atoms with Gasteiger partial charge in [0.05, 0.1) is 12.8 Å². The first-order chi connectivity index (χ1) is 12.7. The van der Waals surface area contributed by atoms with Gasteiger partial charge in [0.25, 0.3) is 0 Å². The van der Waals surface area contributed by atoms with Gasteiger partial charge in [0.1, 0.15) is 23.3 Å². The zero-order valence-electron chi connectivity index (χ0n) is 14.0. The van der Waals surface area contributed by atoms with Crippen molar-refractivity contribution in [1.29, 1.82) is 5.26 Å². The lowest BCUT2D eigenvalue weighted by atomic mass is 10.1. The Bertz CT molecular complexity index is 962. The van der Waals surface area contributed by atoms with Crippen molar-refractivity contribution in [2.45, 2.75) is 0 Å². The van der Waals surface area contributed by atoms with Crippen LogP contribution in [0.15, 0.2) is 77.8 Å². The van der Waals surface area contributed by atoms with Crippen LogP contribution in [0.25, 0.3) is 0 Å². The second kappa shape index (κ2) is 7.95. The molecule has 0 amide bonds. The van der Waals surface area contributed by atoms with Crippen molar-refractivity contribution in [2.24, 2.45) is 4.99 Å². The van der Waals surface area contributed by atoms with Gasteiger partial charge < -0.3 is 9.47 Å². The molecule has 3 aromatic carbocycles. The van der Waals surface area contributed by atoms with Crippen molar-refractivity contribution in [1.82, 2.24) is 0 Å². The first-order valence-electron chi connectivity index (χ1n) is 7.85. The second-order valence-corrected chi connectivity index (χ2v) is 5.33. The van der Waals surface area contributed by atoms with Crippen LogP contribution in [-0.2, 0) is 0 Å². The van der Waals surface area contributed by atoms with Gasteiger partial charge in [0.2, 0.25) is 0 Å². The molecule has 26 heavy (non-hydrogen) atoms. The molecule has 0 heterocycles. The van der Waals surface area contributed by atoms with E-state index in [0.29, 0.717) is 22.7 Å². The van der Waals surface area contributed by atoms with Gasteiger partial charge in [-0.25, -0.2) is 9.38 Å². The van der Waals surface area contributed by atoms with Gasteiger partial charge in [0.15, 0.2) is 11.6 Å². The van der Waals surface area contributed by atoms with Gasteiger partial charge in [-0.2, -0.15) is 5.26 Å². The van der Waals surface area contributed by atoms with Gasteiger partial charge in [-0.15, -0.1) is 0 Å². The van der Waals surface area contributed by atoms with Gasteiger partial charge in [-0.1, -0.05) is 18.2 Å². The van der Waals surface area contributed by atoms with Crippen LogP contribution in [-0.4, -0.2) is 12.8 Å². The number of para-hydroxylation sites is 1. The Kier molecular flexibility index (Phi) is 5.25. The van der Waals surface area contributed by atoms with E-state index in [1.54, 1.807) is 55.6 Å². The predicted molar refractivity (Wildman–Crippen MR) is 97.7 cm³/mol. The van der Waals surface area contributed by atoms with Gasteiger partial charge >= 0.3 is 0 Å². The van der Waals surface area contributed by atoms with Crippen molar-refractivity contribution < 1.29 is 13.9 Å². The van der Waals surface area contributed by atoms with Crippen LogP contribution in [0.5, 0.6) is 17.2 Å². The molecular formula is C21H15FN2O2. The highest BCUT2D eigenvalue weighted by atomic mass is 19.1. The monoisotopic (exact) mass is 346 g/mol. The standard InChI is InChI=1S/C21H15FN2O2/c1-25-17-10-8-16(9-11-17)24-20(14-23)15-7-12-19(22)21(13-15)26-18-5-3-2-4-6-18/h2-13H,1H3/b24-20+. The SMILES string of the molecule is COc1ccc(/N=C(\C#N)c2ccc(F)c(Oc3ccccc3)c2)cc1. The van der Waals surface area contributed by atoms with E-state index in [1.807, 2.05) is 12.1 Å². The van der Waals surface area contributed by atoms with Crippen LogP contribution < -0.4 is 9.47 Å². The Morgan fingerprint density at radius 3 is 2.35 bits per heavy atom. The molecule has 0 atom stereocenters. The third-order valence-electron chi connectivity index (χ3n) is 3.59. The summed E-state index contributed by atoms with van der Waals surface area (Å²) in [6.45, 7) is 0. The van der Waals surface area contributed by atoms with E-state index >= 15 is 0 Å². The van der Waals surface area contributed by atoms with Gasteiger partial charge in [-0.05, 0) is 54.6 Å². The number of aliphatic imine (C=N–C) groups is 1. The minimum Gasteiger partial charge on any atom is -0.497 e. The fourth-order valence-electron chi connectivity index (χ4n) is 2.28. The summed E-state index contributed by atoms with van der Waals surface area (Å²) in [5.41, 5.74) is 1.22. The molecule has 0 aliphatic carbocycles. The minimum atomic E-state index is -0.514. The lowest BCUT2D eigenvalue weighted by Gasteiger charge is -2.08. The molecule has 0 radical (unpaired) electrons. The average molecular weight is 346 g/mol. The Morgan fingerprint density at radius 2 is 1.69 bits per heavy atom. The zero-order valence-corrected chi connectivity index (χ0v) is 14.0. The van der Waals surface area contributed by atoms with Crippen molar-refractivity contribution >= 4 is 11.4 Å². The summed E-state index contributed by atoms with van der Waals surface area (Å²) in [4.78, 5) is 4.32. The molecule has 4 nitrogen and oxygen atoms in total. The van der Waals surface area contributed by atoms with Crippen LogP contribution in [0.4, 0.5) is 10.1 Å². The summed E-state index contributed by atoms with van der Waals surface area (Å²) in [5, 5.41) is 9.45. The highest BCUT2D eigenvalue weighted by Crippen LogP contribution is 2.26. The fraction of sp³-hybridized carbons (Fsp3) is 0.0476. The summed E-state index contributed by atoms with van der Waals surface area (Å²) < 4.78 is 24.7. The number of ether oxygens (including phenoxy) is 2. The molecule has 0 aliphatic heterocycles. The topological polar surface area (TPSA) is 54.6 Å². The van der Waals surface area contributed by atoms with Crippen LogP contribution in [0.2, 0.25) is 0 Å². The molecule has 0 spiro atoms. The van der Waals surface area contributed by atoms with Crippen molar-refractivity contribution in [3.63, 3.8) is 0 Å². The number of nitrogens with zero attached hydrogens (tertiary/aromatic N) is 2. The molecular weight excluding hydrogens is 331 g/mol. The number of rotatable bonds is 5. The predicted octanol–water partition coefficient (Wildman–Crippen LogP) is 5.27. The van der Waals surface area contributed by atoms with Gasteiger partial charge in [-0.3, -0.25) is 0 Å². The number of hydrogen-bond donors (Lipinski definition) is 0. The molecule has 0 saturated carbocycles. The molecule has 0 aliphatic rings. The Hall–Kier alpha value is -3.65. The largest absolute Gasteiger partial charge is 0.497 e. The fourth-order valence-corrected chi connectivity index (χ4v) is 2.28. The Labute approximate surface area is 150 Å². The van der Waals surface area contributed by atoms with Gasteiger partial charge in [0, 0.05) is 5.56 Å². The summed E-state index contributed by atoms with van der Waals surface area (Å²) >= 11 is 0. The highest BCUT2D eigenvalue weighted by Gasteiger charge is 2.10. The normalized spacial score (nSPS) is 10.9. The lowest BCUT2D eigenvalue weighted by Crippen LogP contribution is -1.99. The van der Waals surface area contributed by atoms with Crippen molar-refractivity contribution in [2.75, 3.05) is 7.11 Å². The summed E-state index contributed by atoms with van der Waals surface area (Å²) in [6.07, 6.45) is 0. The summed E-state index contributed by atoms with van der Waals surface area (Å²) in [7, 11) is 1.58. The Morgan fingerprint density at radius 1 is 0.962 bits per heavy atom. The molecule has 0 aromatic heterocycles. The van der Waals surface area contributed by atoms with E-state index in [0.717, 1.165) is 0 Å². The maximum atomic E-state index is 14.1. The first-order valence-corrected chi connectivity index (χ1v) is 7.85. The molecule has 0 N–H and O–H groups in total. The van der Waals surface area contributed by atoms with Crippen LogP contribution in [0, 0.1) is 17.1 Å². The van der Waals surface area contributed by atoms with E-state index in [9.17, 15) is 9.65 Å². The maximum Gasteiger partial charge on any atom is 0.165 e. The smallest absolute Gasteiger partial charge is 0.165 e. The van der Waals surface area contributed by atoms with Crippen LogP contribution >= 0.6 is 0 Å². The zero-order chi connectivity index (χ0) is 18.4. The number of hydrogen-bond acceptors (Lipinski definition) is 4. The first kappa shape index (κ1) is 17.2. The minimum absolute atomic E-state index is 0.0337. The summed E-state index contributed by atoms with van der Waals surface area (Å²) in [6, 6.07) is 22.1. The lowest BCUT2D eigenvalue weighted by molar-refractivity contribution is 0.415. The van der Waals surface area contributed by atoms with E-state index in [-0.39, 0.29) is 11.5 Å². The van der Waals surface area contributed by atoms with E-state index in [4.69, 9.17) is 9.47 Å². The highest BCUT2D eigenvalue weighted by molar-refractivity contribution is 6.12.